The Kier molecular flexibility index (Phi) is 4.10. The summed E-state index contributed by atoms with van der Waals surface area (Å²) < 4.78 is 25.8. The lowest BCUT2D eigenvalue weighted by molar-refractivity contribution is -0.118. The van der Waals surface area contributed by atoms with Gasteiger partial charge in [0.1, 0.15) is 10.9 Å². The number of nitrogens with one attached hydrogen (secondary N) is 1. The minimum Gasteiger partial charge on any atom is -0.323 e. The highest BCUT2D eigenvalue weighted by Gasteiger charge is 2.45. The zero-order chi connectivity index (χ0) is 17.5. The van der Waals surface area contributed by atoms with E-state index in [1.165, 1.54) is 25.1 Å². The first-order valence-electron chi connectivity index (χ1n) is 7.10. The van der Waals surface area contributed by atoms with Crippen LogP contribution in [0.2, 0.25) is 0 Å². The molecule has 0 unspecified atom stereocenters. The second kappa shape index (κ2) is 5.95. The Morgan fingerprint density at radius 3 is 2.42 bits per heavy atom. The fourth-order valence-electron chi connectivity index (χ4n) is 2.51. The molecule has 0 aliphatic carbocycles. The number of hydrogen-bond acceptors (Lipinski definition) is 5. The first kappa shape index (κ1) is 16.5. The summed E-state index contributed by atoms with van der Waals surface area (Å²) in [6.07, 6.45) is 0. The Morgan fingerprint density at radius 2 is 1.75 bits per heavy atom. The van der Waals surface area contributed by atoms with Crippen molar-refractivity contribution in [3.8, 4) is 0 Å². The maximum atomic E-state index is 12.6. The number of hydrogen-bond donors (Lipinski definition) is 2. The number of thiol groups is 1. The topological polar surface area (TPSA) is 83.6 Å². The Hall–Kier alpha value is -2.32. The maximum Gasteiger partial charge on any atom is 0.269 e. The maximum absolute atomic E-state index is 12.6. The summed E-state index contributed by atoms with van der Waals surface area (Å²) in [6, 6.07) is 11.5. The predicted molar refractivity (Wildman–Crippen MR) is 91.6 cm³/mol. The minimum absolute atomic E-state index is 0.0757. The first-order valence-corrected chi connectivity index (χ1v) is 8.99. The molecule has 2 aromatic carbocycles. The zero-order valence-electron chi connectivity index (χ0n) is 12.6. The lowest BCUT2D eigenvalue weighted by Crippen LogP contribution is -2.45. The molecule has 24 heavy (non-hydrogen) atoms. The number of nitrogens with zero attached hydrogens (tertiary/aromatic N) is 1. The SMILES string of the molecule is C[C@@H](C(=O)Nc1ccccc1S)N1C(=O)c2ccccc2S1(=O)=O. The summed E-state index contributed by atoms with van der Waals surface area (Å²) in [4.78, 5) is 25.3. The largest absolute Gasteiger partial charge is 0.323 e. The van der Waals surface area contributed by atoms with Crippen molar-refractivity contribution < 1.29 is 18.0 Å². The van der Waals surface area contributed by atoms with Crippen molar-refractivity contribution in [1.29, 1.82) is 0 Å². The van der Waals surface area contributed by atoms with Gasteiger partial charge in [-0.15, -0.1) is 12.6 Å². The highest BCUT2D eigenvalue weighted by Crippen LogP contribution is 2.32. The van der Waals surface area contributed by atoms with Gasteiger partial charge in [0.2, 0.25) is 5.91 Å². The molecule has 2 aromatic rings. The molecule has 124 valence electrons. The zero-order valence-corrected chi connectivity index (χ0v) is 14.3. The molecule has 1 aliphatic heterocycles. The van der Waals surface area contributed by atoms with Crippen LogP contribution in [-0.4, -0.2) is 30.6 Å². The Balaban J connectivity index is 1.91. The second-order valence-electron chi connectivity index (χ2n) is 5.28. The van der Waals surface area contributed by atoms with Gasteiger partial charge < -0.3 is 5.32 Å². The van der Waals surface area contributed by atoms with Crippen molar-refractivity contribution in [3.05, 3.63) is 54.1 Å². The molecule has 0 bridgehead atoms. The van der Waals surface area contributed by atoms with Gasteiger partial charge in [0.25, 0.3) is 15.9 Å². The molecule has 1 N–H and O–H groups in total. The number of benzene rings is 2. The van der Waals surface area contributed by atoms with Crippen molar-refractivity contribution in [2.24, 2.45) is 0 Å². The van der Waals surface area contributed by atoms with Crippen LogP contribution in [0.25, 0.3) is 0 Å². The molecular formula is C16H14N2O4S2. The normalized spacial score (nSPS) is 16.6. The van der Waals surface area contributed by atoms with E-state index in [4.69, 9.17) is 0 Å². The summed E-state index contributed by atoms with van der Waals surface area (Å²) in [7, 11) is -4.04. The Labute approximate surface area is 144 Å². The first-order chi connectivity index (χ1) is 11.3. The van der Waals surface area contributed by atoms with Crippen LogP contribution in [0.3, 0.4) is 0 Å². The van der Waals surface area contributed by atoms with E-state index in [-0.39, 0.29) is 10.5 Å². The van der Waals surface area contributed by atoms with Gasteiger partial charge in [-0.05, 0) is 31.2 Å². The van der Waals surface area contributed by atoms with E-state index in [1.807, 2.05) is 0 Å². The number of anilines is 1. The third-order valence-electron chi connectivity index (χ3n) is 3.75. The van der Waals surface area contributed by atoms with E-state index >= 15 is 0 Å². The van der Waals surface area contributed by atoms with E-state index in [0.717, 1.165) is 0 Å². The average Bonchev–Trinajstić information content (AvgIpc) is 2.76. The lowest BCUT2D eigenvalue weighted by Gasteiger charge is -2.22. The summed E-state index contributed by atoms with van der Waals surface area (Å²) >= 11 is 4.23. The van der Waals surface area contributed by atoms with Gasteiger partial charge >= 0.3 is 0 Å². The van der Waals surface area contributed by atoms with E-state index < -0.39 is 27.9 Å². The molecule has 0 spiro atoms. The molecule has 0 aromatic heterocycles. The smallest absolute Gasteiger partial charge is 0.269 e. The van der Waals surface area contributed by atoms with Crippen molar-refractivity contribution >= 4 is 40.2 Å². The second-order valence-corrected chi connectivity index (χ2v) is 7.55. The highest BCUT2D eigenvalue weighted by atomic mass is 32.2. The van der Waals surface area contributed by atoms with E-state index in [0.29, 0.717) is 14.9 Å². The van der Waals surface area contributed by atoms with Crippen molar-refractivity contribution in [2.75, 3.05) is 5.32 Å². The standard InChI is InChI=1S/C16H14N2O4S2/c1-10(15(19)17-12-7-3-4-8-13(12)23)18-16(20)11-6-2-5-9-14(11)24(18,21)22/h2-10,23H,1H3,(H,17,19)/t10-/m0/s1. The molecule has 0 saturated carbocycles. The van der Waals surface area contributed by atoms with Gasteiger partial charge in [0.15, 0.2) is 0 Å². The van der Waals surface area contributed by atoms with Gasteiger partial charge in [-0.2, -0.15) is 0 Å². The molecular weight excluding hydrogens is 348 g/mol. The highest BCUT2D eigenvalue weighted by molar-refractivity contribution is 7.90. The molecule has 0 radical (unpaired) electrons. The van der Waals surface area contributed by atoms with Crippen LogP contribution in [0, 0.1) is 0 Å². The molecule has 1 atom stereocenters. The average molecular weight is 362 g/mol. The van der Waals surface area contributed by atoms with Crippen LogP contribution < -0.4 is 5.32 Å². The van der Waals surface area contributed by atoms with Crippen LogP contribution in [0.5, 0.6) is 0 Å². The number of carbonyl (C=O) groups is 2. The third kappa shape index (κ3) is 2.57. The summed E-state index contributed by atoms with van der Waals surface area (Å²) in [6.45, 7) is 1.37. The van der Waals surface area contributed by atoms with Crippen molar-refractivity contribution in [2.45, 2.75) is 22.8 Å². The molecule has 8 heteroatoms. The number of rotatable bonds is 3. The number of para-hydroxylation sites is 1. The quantitative estimate of drug-likeness (QED) is 0.820. The van der Waals surface area contributed by atoms with E-state index in [9.17, 15) is 18.0 Å². The lowest BCUT2D eigenvalue weighted by atomic mass is 10.2. The number of carbonyl (C=O) groups excluding carboxylic acids is 2. The van der Waals surface area contributed by atoms with Crippen molar-refractivity contribution in [1.82, 2.24) is 4.31 Å². The molecule has 0 saturated heterocycles. The van der Waals surface area contributed by atoms with Crippen LogP contribution in [0.15, 0.2) is 58.3 Å². The van der Waals surface area contributed by atoms with Crippen LogP contribution >= 0.6 is 12.6 Å². The number of amides is 2. The Bertz CT molecular complexity index is 941. The number of sulfonamides is 1. The van der Waals surface area contributed by atoms with Crippen LogP contribution in [0.1, 0.15) is 17.3 Å². The number of fused-ring (bicyclic) bond motifs is 1. The van der Waals surface area contributed by atoms with Crippen LogP contribution in [0.4, 0.5) is 5.69 Å². The van der Waals surface area contributed by atoms with Gasteiger partial charge in [-0.3, -0.25) is 9.59 Å². The monoisotopic (exact) mass is 362 g/mol. The molecule has 2 amide bonds. The Morgan fingerprint density at radius 1 is 1.12 bits per heavy atom. The van der Waals surface area contributed by atoms with Crippen LogP contribution in [-0.2, 0) is 14.8 Å². The van der Waals surface area contributed by atoms with Gasteiger partial charge in [0.05, 0.1) is 11.3 Å². The van der Waals surface area contributed by atoms with E-state index in [2.05, 4.69) is 17.9 Å². The fourth-order valence-corrected chi connectivity index (χ4v) is 4.45. The predicted octanol–water partition coefficient (Wildman–Crippen LogP) is 2.15. The van der Waals surface area contributed by atoms with Gasteiger partial charge in [0, 0.05) is 4.90 Å². The molecule has 1 heterocycles. The molecule has 0 fully saturated rings. The minimum atomic E-state index is -4.04. The van der Waals surface area contributed by atoms with Gasteiger partial charge in [-0.1, -0.05) is 24.3 Å². The molecule has 1 aliphatic rings. The molecule has 3 rings (SSSR count). The third-order valence-corrected chi connectivity index (χ3v) is 6.05. The molecule has 6 nitrogen and oxygen atoms in total. The summed E-state index contributed by atoms with van der Waals surface area (Å²) in [5.41, 5.74) is 0.519. The van der Waals surface area contributed by atoms with E-state index in [1.54, 1.807) is 30.3 Å². The summed E-state index contributed by atoms with van der Waals surface area (Å²) in [5, 5.41) is 2.60. The van der Waals surface area contributed by atoms with Crippen molar-refractivity contribution in [3.63, 3.8) is 0 Å². The fraction of sp³-hybridized carbons (Fsp3) is 0.125. The summed E-state index contributed by atoms with van der Waals surface area (Å²) in [5.74, 6) is -1.31. The van der Waals surface area contributed by atoms with Gasteiger partial charge in [-0.25, -0.2) is 12.7 Å².